The summed E-state index contributed by atoms with van der Waals surface area (Å²) in [5, 5.41) is 3.01. The van der Waals surface area contributed by atoms with Gasteiger partial charge in [0.1, 0.15) is 5.75 Å². The van der Waals surface area contributed by atoms with Crippen LogP contribution in [0.25, 0.3) is 0 Å². The Balaban J connectivity index is 2.92. The molecule has 0 bridgehead atoms. The molecule has 5 heteroatoms. The molecule has 1 aromatic carbocycles. The molecular formula is C15H22F3NO. The minimum absolute atomic E-state index is 0.0851. The molecule has 0 heterocycles. The molecule has 1 N–H and O–H groups in total. The molecule has 0 saturated carbocycles. The standard InChI is InChI=1S/C15H22F3NO/c1-4-11(3)10-20-14-7-6-12(9-19-5-2)8-13(14)15(16,17)18/h6-8,11,19H,4-5,9-10H2,1-3H3. The van der Waals surface area contributed by atoms with Crippen molar-refractivity contribution in [2.24, 2.45) is 5.92 Å². The zero-order valence-corrected chi connectivity index (χ0v) is 12.2. The van der Waals surface area contributed by atoms with E-state index in [1.165, 1.54) is 6.07 Å². The van der Waals surface area contributed by atoms with Crippen LogP contribution >= 0.6 is 0 Å². The van der Waals surface area contributed by atoms with E-state index in [1.807, 2.05) is 20.8 Å². The number of hydrogen-bond donors (Lipinski definition) is 1. The van der Waals surface area contributed by atoms with E-state index in [0.29, 0.717) is 25.3 Å². The van der Waals surface area contributed by atoms with Crippen molar-refractivity contribution < 1.29 is 17.9 Å². The monoisotopic (exact) mass is 289 g/mol. The van der Waals surface area contributed by atoms with Gasteiger partial charge in [-0.25, -0.2) is 0 Å². The lowest BCUT2D eigenvalue weighted by atomic mass is 10.1. The van der Waals surface area contributed by atoms with Crippen molar-refractivity contribution in [3.8, 4) is 5.75 Å². The lowest BCUT2D eigenvalue weighted by molar-refractivity contribution is -0.139. The van der Waals surface area contributed by atoms with E-state index in [0.717, 1.165) is 12.5 Å². The van der Waals surface area contributed by atoms with Crippen LogP contribution in [0.5, 0.6) is 5.75 Å². The zero-order valence-electron chi connectivity index (χ0n) is 12.2. The lowest BCUT2D eigenvalue weighted by Gasteiger charge is -2.17. The predicted molar refractivity (Wildman–Crippen MR) is 73.8 cm³/mol. The summed E-state index contributed by atoms with van der Waals surface area (Å²) in [5.74, 6) is 0.149. The van der Waals surface area contributed by atoms with E-state index >= 15 is 0 Å². The molecule has 0 radical (unpaired) electrons. The molecule has 1 unspecified atom stereocenters. The smallest absolute Gasteiger partial charge is 0.419 e. The Bertz CT molecular complexity index is 418. The number of alkyl halides is 3. The number of hydrogen-bond acceptors (Lipinski definition) is 2. The molecule has 1 aromatic rings. The van der Waals surface area contributed by atoms with Gasteiger partial charge >= 0.3 is 6.18 Å². The minimum Gasteiger partial charge on any atom is -0.493 e. The van der Waals surface area contributed by atoms with Gasteiger partial charge < -0.3 is 10.1 Å². The SMILES string of the molecule is CCNCc1ccc(OCC(C)CC)c(C(F)(F)F)c1. The van der Waals surface area contributed by atoms with Gasteiger partial charge in [-0.05, 0) is 30.2 Å². The van der Waals surface area contributed by atoms with Crippen LogP contribution in [0.2, 0.25) is 0 Å². The Morgan fingerprint density at radius 2 is 1.95 bits per heavy atom. The highest BCUT2D eigenvalue weighted by molar-refractivity contribution is 5.39. The maximum absolute atomic E-state index is 13.1. The maximum atomic E-state index is 13.1. The van der Waals surface area contributed by atoms with Crippen LogP contribution in [0.4, 0.5) is 13.2 Å². The van der Waals surface area contributed by atoms with Gasteiger partial charge in [-0.15, -0.1) is 0 Å². The number of ether oxygens (including phenoxy) is 1. The van der Waals surface area contributed by atoms with Crippen molar-refractivity contribution in [1.29, 1.82) is 0 Å². The molecule has 0 aliphatic carbocycles. The van der Waals surface area contributed by atoms with Crippen molar-refractivity contribution in [3.63, 3.8) is 0 Å². The van der Waals surface area contributed by atoms with Gasteiger partial charge in [0.25, 0.3) is 0 Å². The summed E-state index contributed by atoms with van der Waals surface area (Å²) in [7, 11) is 0. The van der Waals surface area contributed by atoms with Crippen LogP contribution in [-0.2, 0) is 12.7 Å². The Kier molecular flexibility index (Phi) is 6.33. The third kappa shape index (κ3) is 5.04. The van der Waals surface area contributed by atoms with Crippen molar-refractivity contribution >= 4 is 0 Å². The zero-order chi connectivity index (χ0) is 15.2. The first kappa shape index (κ1) is 16.8. The number of halogens is 3. The van der Waals surface area contributed by atoms with Crippen molar-refractivity contribution in [2.75, 3.05) is 13.2 Å². The molecule has 2 nitrogen and oxygen atoms in total. The number of nitrogens with one attached hydrogen (secondary N) is 1. The van der Waals surface area contributed by atoms with Gasteiger partial charge in [-0.1, -0.05) is 33.3 Å². The second-order valence-corrected chi connectivity index (χ2v) is 4.93. The van der Waals surface area contributed by atoms with Crippen LogP contribution < -0.4 is 10.1 Å². The maximum Gasteiger partial charge on any atom is 0.419 e. The largest absolute Gasteiger partial charge is 0.493 e. The molecular weight excluding hydrogens is 267 g/mol. The second-order valence-electron chi connectivity index (χ2n) is 4.93. The third-order valence-corrected chi connectivity index (χ3v) is 3.15. The highest BCUT2D eigenvalue weighted by Crippen LogP contribution is 2.37. The summed E-state index contributed by atoms with van der Waals surface area (Å²) >= 11 is 0. The van der Waals surface area contributed by atoms with Crippen LogP contribution in [0.1, 0.15) is 38.3 Å². The summed E-state index contributed by atoms with van der Waals surface area (Å²) < 4.78 is 44.5. The molecule has 1 rings (SSSR count). The fourth-order valence-corrected chi connectivity index (χ4v) is 1.65. The first-order valence-electron chi connectivity index (χ1n) is 6.92. The fraction of sp³-hybridized carbons (Fsp3) is 0.600. The summed E-state index contributed by atoms with van der Waals surface area (Å²) in [4.78, 5) is 0. The first-order chi connectivity index (χ1) is 9.38. The molecule has 0 fully saturated rings. The number of benzene rings is 1. The van der Waals surface area contributed by atoms with E-state index in [1.54, 1.807) is 6.07 Å². The Hall–Kier alpha value is -1.23. The molecule has 114 valence electrons. The van der Waals surface area contributed by atoms with E-state index in [-0.39, 0.29) is 11.7 Å². The summed E-state index contributed by atoms with van der Waals surface area (Å²) in [6.45, 7) is 7.28. The van der Waals surface area contributed by atoms with E-state index in [2.05, 4.69) is 5.32 Å². The Morgan fingerprint density at radius 3 is 2.50 bits per heavy atom. The molecule has 0 aliphatic heterocycles. The van der Waals surface area contributed by atoms with Gasteiger partial charge in [0.05, 0.1) is 12.2 Å². The highest BCUT2D eigenvalue weighted by Gasteiger charge is 2.34. The molecule has 20 heavy (non-hydrogen) atoms. The second kappa shape index (κ2) is 7.53. The fourth-order valence-electron chi connectivity index (χ4n) is 1.65. The molecule has 0 aliphatic rings. The van der Waals surface area contributed by atoms with Crippen LogP contribution in [0, 0.1) is 5.92 Å². The summed E-state index contributed by atoms with van der Waals surface area (Å²) in [5.41, 5.74) is -0.0914. The minimum atomic E-state index is -4.40. The summed E-state index contributed by atoms with van der Waals surface area (Å²) in [6.07, 6.45) is -3.52. The van der Waals surface area contributed by atoms with Gasteiger partial charge in [0, 0.05) is 6.54 Å². The molecule has 1 atom stereocenters. The average Bonchev–Trinajstić information content (AvgIpc) is 2.41. The quantitative estimate of drug-likeness (QED) is 0.810. The van der Waals surface area contributed by atoms with Crippen molar-refractivity contribution in [2.45, 2.75) is 39.9 Å². The Labute approximate surface area is 118 Å². The van der Waals surface area contributed by atoms with Gasteiger partial charge in [-0.3, -0.25) is 0 Å². The molecule has 0 amide bonds. The van der Waals surface area contributed by atoms with Crippen molar-refractivity contribution in [1.82, 2.24) is 5.32 Å². The van der Waals surface area contributed by atoms with E-state index < -0.39 is 11.7 Å². The van der Waals surface area contributed by atoms with Gasteiger partial charge in [0.15, 0.2) is 0 Å². The summed E-state index contributed by atoms with van der Waals surface area (Å²) in [6, 6.07) is 4.25. The van der Waals surface area contributed by atoms with Crippen LogP contribution in [0.3, 0.4) is 0 Å². The first-order valence-corrected chi connectivity index (χ1v) is 6.92. The Morgan fingerprint density at radius 1 is 1.25 bits per heavy atom. The van der Waals surface area contributed by atoms with E-state index in [9.17, 15) is 13.2 Å². The van der Waals surface area contributed by atoms with Crippen LogP contribution in [0.15, 0.2) is 18.2 Å². The highest BCUT2D eigenvalue weighted by atomic mass is 19.4. The topological polar surface area (TPSA) is 21.3 Å². The van der Waals surface area contributed by atoms with Crippen LogP contribution in [-0.4, -0.2) is 13.2 Å². The van der Waals surface area contributed by atoms with Gasteiger partial charge in [0.2, 0.25) is 0 Å². The molecule has 0 saturated heterocycles. The molecule has 0 aromatic heterocycles. The van der Waals surface area contributed by atoms with Gasteiger partial charge in [-0.2, -0.15) is 13.2 Å². The van der Waals surface area contributed by atoms with Crippen molar-refractivity contribution in [3.05, 3.63) is 29.3 Å². The predicted octanol–water partition coefficient (Wildman–Crippen LogP) is 4.24. The molecule has 0 spiro atoms. The lowest BCUT2D eigenvalue weighted by Crippen LogP contribution is -2.15. The normalized spacial score (nSPS) is 13.3. The van der Waals surface area contributed by atoms with E-state index in [4.69, 9.17) is 4.74 Å². The average molecular weight is 289 g/mol. The third-order valence-electron chi connectivity index (χ3n) is 3.15. The number of rotatable bonds is 7.